The van der Waals surface area contributed by atoms with Gasteiger partial charge in [0.2, 0.25) is 0 Å². The van der Waals surface area contributed by atoms with Crippen LogP contribution in [0.1, 0.15) is 45.4 Å². The first-order valence-electron chi connectivity index (χ1n) is 5.36. The third-order valence-corrected chi connectivity index (χ3v) is 1.95. The van der Waals surface area contributed by atoms with E-state index in [1.165, 1.54) is 32.1 Å². The van der Waals surface area contributed by atoms with Crippen LogP contribution in [0.25, 0.3) is 0 Å². The van der Waals surface area contributed by atoms with Crippen molar-refractivity contribution in [1.82, 2.24) is 0 Å². The molecule has 0 fully saturated rings. The quantitative estimate of drug-likeness (QED) is 0.562. The van der Waals surface area contributed by atoms with Gasteiger partial charge in [-0.3, -0.25) is 0 Å². The third kappa shape index (κ3) is 11.9. The van der Waals surface area contributed by atoms with Crippen molar-refractivity contribution in [2.45, 2.75) is 51.6 Å². The first kappa shape index (κ1) is 12.9. The summed E-state index contributed by atoms with van der Waals surface area (Å²) in [5.74, 6) is 0. The Morgan fingerprint density at radius 2 is 1.77 bits per heavy atom. The molecule has 0 aliphatic carbocycles. The zero-order valence-electron chi connectivity index (χ0n) is 8.80. The van der Waals surface area contributed by atoms with Gasteiger partial charge in [-0.25, -0.2) is 0 Å². The van der Waals surface area contributed by atoms with E-state index in [4.69, 9.17) is 9.84 Å². The van der Waals surface area contributed by atoms with E-state index in [1.807, 2.05) is 0 Å². The predicted octanol–water partition coefficient (Wildman–Crippen LogP) is 2.56. The van der Waals surface area contributed by atoms with Crippen LogP contribution in [-0.4, -0.2) is 24.4 Å². The second-order valence-electron chi connectivity index (χ2n) is 3.50. The molecule has 1 N–H and O–H groups in total. The molecule has 0 heterocycles. The Kier molecular flexibility index (Phi) is 9.94. The Hall–Kier alpha value is -0.0800. The first-order chi connectivity index (χ1) is 6.27. The normalized spacial score (nSPS) is 13.2. The molecule has 0 saturated heterocycles. The fraction of sp³-hybridized carbons (Fsp3) is 0.909. The summed E-state index contributed by atoms with van der Waals surface area (Å²) in [6.07, 6.45) is 7.07. The van der Waals surface area contributed by atoms with Crippen LogP contribution >= 0.6 is 0 Å². The Morgan fingerprint density at radius 3 is 2.38 bits per heavy atom. The van der Waals surface area contributed by atoms with Crippen LogP contribution in [0.15, 0.2) is 0 Å². The van der Waals surface area contributed by atoms with Crippen LogP contribution in [0.2, 0.25) is 0 Å². The molecule has 1 atom stereocenters. The number of hydrogen-bond acceptors (Lipinski definition) is 2. The highest BCUT2D eigenvalue weighted by molar-refractivity contribution is 4.53. The molecule has 0 aromatic carbocycles. The summed E-state index contributed by atoms with van der Waals surface area (Å²) in [7, 11) is 0. The summed E-state index contributed by atoms with van der Waals surface area (Å²) >= 11 is 0. The molecule has 0 bridgehead atoms. The Bertz CT molecular complexity index is 92.1. The van der Waals surface area contributed by atoms with E-state index < -0.39 is 6.10 Å². The predicted molar refractivity (Wildman–Crippen MR) is 55.6 cm³/mol. The van der Waals surface area contributed by atoms with Gasteiger partial charge in [0, 0.05) is 6.61 Å². The lowest BCUT2D eigenvalue weighted by atomic mass is 10.1. The van der Waals surface area contributed by atoms with Crippen molar-refractivity contribution in [1.29, 1.82) is 0 Å². The molecular formula is C11H23O2. The molecule has 0 spiro atoms. The molecular weight excluding hydrogens is 164 g/mol. The number of ether oxygens (including phenoxy) is 1. The maximum Gasteiger partial charge on any atom is 0.0774 e. The molecule has 0 aromatic heterocycles. The van der Waals surface area contributed by atoms with E-state index >= 15 is 0 Å². The second-order valence-corrected chi connectivity index (χ2v) is 3.50. The van der Waals surface area contributed by atoms with E-state index in [1.54, 1.807) is 0 Å². The fourth-order valence-corrected chi connectivity index (χ4v) is 1.20. The Labute approximate surface area is 82.3 Å². The zero-order valence-corrected chi connectivity index (χ0v) is 8.80. The average Bonchev–Trinajstić information content (AvgIpc) is 2.09. The molecule has 2 nitrogen and oxygen atoms in total. The minimum absolute atomic E-state index is 0.370. The first-order valence-corrected chi connectivity index (χ1v) is 5.36. The largest absolute Gasteiger partial charge is 0.391 e. The van der Waals surface area contributed by atoms with Gasteiger partial charge in [0.05, 0.1) is 12.7 Å². The van der Waals surface area contributed by atoms with Crippen molar-refractivity contribution in [3.63, 3.8) is 0 Å². The van der Waals surface area contributed by atoms with Crippen LogP contribution in [0.5, 0.6) is 0 Å². The van der Waals surface area contributed by atoms with Gasteiger partial charge in [-0.1, -0.05) is 39.0 Å². The molecule has 0 aliphatic rings. The third-order valence-electron chi connectivity index (χ3n) is 1.95. The highest BCUT2D eigenvalue weighted by Crippen LogP contribution is 2.04. The number of rotatable bonds is 9. The van der Waals surface area contributed by atoms with E-state index in [-0.39, 0.29) is 0 Å². The second kappa shape index (κ2) is 10.0. The minimum Gasteiger partial charge on any atom is -0.391 e. The summed E-state index contributed by atoms with van der Waals surface area (Å²) in [6, 6.07) is 0. The number of aliphatic hydroxyl groups is 1. The van der Waals surface area contributed by atoms with Crippen molar-refractivity contribution in [3.05, 3.63) is 6.92 Å². The Balaban J connectivity index is 2.84. The lowest BCUT2D eigenvalue weighted by Crippen LogP contribution is -2.11. The molecule has 2 heteroatoms. The van der Waals surface area contributed by atoms with E-state index in [9.17, 15) is 0 Å². The van der Waals surface area contributed by atoms with Crippen molar-refractivity contribution >= 4 is 0 Å². The summed E-state index contributed by atoms with van der Waals surface area (Å²) in [4.78, 5) is 0. The van der Waals surface area contributed by atoms with Gasteiger partial charge in [0.25, 0.3) is 0 Å². The van der Waals surface area contributed by atoms with Crippen molar-refractivity contribution in [2.24, 2.45) is 0 Å². The van der Waals surface area contributed by atoms with E-state index in [0.29, 0.717) is 6.61 Å². The standard InChI is InChI=1S/C11H23O2/c1-3-4-5-6-7-8-9-13-10-11(2)12/h11-12H,2-10H2,1H3. The van der Waals surface area contributed by atoms with Gasteiger partial charge in [-0.2, -0.15) is 0 Å². The molecule has 0 rings (SSSR count). The van der Waals surface area contributed by atoms with E-state index in [0.717, 1.165) is 13.0 Å². The molecule has 79 valence electrons. The van der Waals surface area contributed by atoms with Crippen LogP contribution in [0.4, 0.5) is 0 Å². The average molecular weight is 187 g/mol. The van der Waals surface area contributed by atoms with Gasteiger partial charge in [-0.05, 0) is 13.3 Å². The van der Waals surface area contributed by atoms with Crippen molar-refractivity contribution < 1.29 is 9.84 Å². The highest BCUT2D eigenvalue weighted by atomic mass is 16.5. The molecule has 1 radical (unpaired) electrons. The smallest absolute Gasteiger partial charge is 0.0774 e. The lowest BCUT2D eigenvalue weighted by Gasteiger charge is -2.05. The highest BCUT2D eigenvalue weighted by Gasteiger charge is 1.94. The van der Waals surface area contributed by atoms with E-state index in [2.05, 4.69) is 13.8 Å². The van der Waals surface area contributed by atoms with Crippen LogP contribution in [0, 0.1) is 6.92 Å². The maximum atomic E-state index is 8.79. The lowest BCUT2D eigenvalue weighted by molar-refractivity contribution is 0.0564. The summed E-state index contributed by atoms with van der Waals surface area (Å²) in [5, 5.41) is 8.79. The van der Waals surface area contributed by atoms with Gasteiger partial charge >= 0.3 is 0 Å². The van der Waals surface area contributed by atoms with Gasteiger partial charge < -0.3 is 9.84 Å². The van der Waals surface area contributed by atoms with Crippen LogP contribution < -0.4 is 0 Å². The molecule has 0 aliphatic heterocycles. The zero-order chi connectivity index (χ0) is 9.94. The van der Waals surface area contributed by atoms with Crippen molar-refractivity contribution in [2.75, 3.05) is 13.2 Å². The monoisotopic (exact) mass is 187 g/mol. The van der Waals surface area contributed by atoms with Crippen LogP contribution in [-0.2, 0) is 4.74 Å². The number of hydrogen-bond donors (Lipinski definition) is 1. The SMILES string of the molecule is [CH2]C(O)COCCCCCCCC. The molecule has 13 heavy (non-hydrogen) atoms. The fourth-order valence-electron chi connectivity index (χ4n) is 1.20. The van der Waals surface area contributed by atoms with Crippen LogP contribution in [0.3, 0.4) is 0 Å². The summed E-state index contributed by atoms with van der Waals surface area (Å²) in [5.41, 5.74) is 0. The van der Waals surface area contributed by atoms with Crippen molar-refractivity contribution in [3.8, 4) is 0 Å². The molecule has 0 saturated carbocycles. The van der Waals surface area contributed by atoms with Gasteiger partial charge in [0.15, 0.2) is 0 Å². The van der Waals surface area contributed by atoms with Gasteiger partial charge in [-0.15, -0.1) is 0 Å². The Morgan fingerprint density at radius 1 is 1.15 bits per heavy atom. The summed E-state index contributed by atoms with van der Waals surface area (Å²) in [6.45, 7) is 6.78. The number of aliphatic hydroxyl groups excluding tert-OH is 1. The molecule has 0 aromatic rings. The maximum absolute atomic E-state index is 8.79. The molecule has 0 amide bonds. The number of unbranched alkanes of at least 4 members (excludes halogenated alkanes) is 5. The minimum atomic E-state index is -0.569. The topological polar surface area (TPSA) is 29.5 Å². The van der Waals surface area contributed by atoms with Gasteiger partial charge in [0.1, 0.15) is 0 Å². The molecule has 1 unspecified atom stereocenters. The summed E-state index contributed by atoms with van der Waals surface area (Å²) < 4.78 is 5.19.